The Labute approximate surface area is 92.1 Å². The van der Waals surface area contributed by atoms with Gasteiger partial charge in [0.25, 0.3) is 0 Å². The van der Waals surface area contributed by atoms with Crippen LogP contribution in [-0.2, 0) is 0 Å². The van der Waals surface area contributed by atoms with Crippen molar-refractivity contribution in [1.82, 2.24) is 5.43 Å². The Balaban J connectivity index is 2.85. The van der Waals surface area contributed by atoms with Gasteiger partial charge in [0.05, 0.1) is 18.3 Å². The number of benzene rings is 1. The lowest BCUT2D eigenvalue weighted by Crippen LogP contribution is -2.35. The van der Waals surface area contributed by atoms with Crippen LogP contribution in [0.4, 0.5) is 5.69 Å². The first-order valence-electron chi connectivity index (χ1n) is 4.17. The molecule has 0 atom stereocenters. The van der Waals surface area contributed by atoms with Crippen LogP contribution >= 0.6 is 15.9 Å². The lowest BCUT2D eigenvalue weighted by molar-refractivity contribution is 0.412. The maximum absolute atomic E-state index is 5.23. The molecule has 0 spiro atoms. The van der Waals surface area contributed by atoms with E-state index >= 15 is 0 Å². The molecule has 0 aromatic heterocycles. The summed E-state index contributed by atoms with van der Waals surface area (Å²) in [5, 5.41) is 0. The molecular weight excluding hydrogens is 246 g/mol. The third-order valence-corrected chi connectivity index (χ3v) is 2.52. The van der Waals surface area contributed by atoms with Crippen LogP contribution in [0.5, 0.6) is 5.75 Å². The van der Waals surface area contributed by atoms with Gasteiger partial charge in [0.15, 0.2) is 0 Å². The minimum Gasteiger partial charge on any atom is -0.496 e. The number of nitrogens with zero attached hydrogens (tertiary/aromatic N) is 1. The quantitative estimate of drug-likeness (QED) is 0.487. The Morgan fingerprint density at radius 3 is 2.79 bits per heavy atom. The number of hydrogen-bond acceptors (Lipinski definition) is 4. The van der Waals surface area contributed by atoms with E-state index in [4.69, 9.17) is 10.6 Å². The summed E-state index contributed by atoms with van der Waals surface area (Å²) < 4.78 is 6.07. The summed E-state index contributed by atoms with van der Waals surface area (Å²) in [6, 6.07) is 5.86. The molecule has 0 heterocycles. The van der Waals surface area contributed by atoms with E-state index in [-0.39, 0.29) is 0 Å². The van der Waals surface area contributed by atoms with Crippen molar-refractivity contribution in [2.45, 2.75) is 0 Å². The van der Waals surface area contributed by atoms with Gasteiger partial charge in [-0.1, -0.05) is 0 Å². The molecule has 3 N–H and O–H groups in total. The van der Waals surface area contributed by atoms with E-state index in [9.17, 15) is 0 Å². The number of anilines is 1. The molecule has 1 rings (SSSR count). The number of nitrogens with one attached hydrogen (secondary N) is 1. The first-order valence-corrected chi connectivity index (χ1v) is 4.96. The molecule has 5 heteroatoms. The predicted octanol–water partition coefficient (Wildman–Crippen LogP) is 1.31. The van der Waals surface area contributed by atoms with Crippen molar-refractivity contribution in [2.75, 3.05) is 25.7 Å². The van der Waals surface area contributed by atoms with Gasteiger partial charge in [-0.3, -0.25) is 5.84 Å². The molecule has 0 radical (unpaired) electrons. The molecule has 0 fully saturated rings. The van der Waals surface area contributed by atoms with Gasteiger partial charge in [0.1, 0.15) is 5.75 Å². The lowest BCUT2D eigenvalue weighted by atomic mass is 10.3. The van der Waals surface area contributed by atoms with E-state index in [1.165, 1.54) is 0 Å². The van der Waals surface area contributed by atoms with E-state index in [2.05, 4.69) is 21.4 Å². The van der Waals surface area contributed by atoms with Crippen molar-refractivity contribution >= 4 is 21.6 Å². The Morgan fingerprint density at radius 1 is 1.57 bits per heavy atom. The standard InChI is InChI=1S/C9H14BrN3O/c1-13(6-12-11)7-3-4-9(14-2)8(10)5-7/h3-5,12H,6,11H2,1-2H3. The summed E-state index contributed by atoms with van der Waals surface area (Å²) >= 11 is 3.42. The second-order valence-electron chi connectivity index (χ2n) is 2.88. The number of ether oxygens (including phenoxy) is 1. The molecule has 0 aliphatic carbocycles. The van der Waals surface area contributed by atoms with Crippen molar-refractivity contribution in [3.8, 4) is 5.75 Å². The topological polar surface area (TPSA) is 50.5 Å². The van der Waals surface area contributed by atoms with Crippen LogP contribution in [0.1, 0.15) is 0 Å². The second kappa shape index (κ2) is 5.19. The van der Waals surface area contributed by atoms with Crippen LogP contribution in [0, 0.1) is 0 Å². The summed E-state index contributed by atoms with van der Waals surface area (Å²) in [6.45, 7) is 0.596. The van der Waals surface area contributed by atoms with E-state index in [1.807, 2.05) is 30.1 Å². The van der Waals surface area contributed by atoms with E-state index in [1.54, 1.807) is 7.11 Å². The predicted molar refractivity (Wildman–Crippen MR) is 61.3 cm³/mol. The first-order chi connectivity index (χ1) is 6.69. The zero-order valence-electron chi connectivity index (χ0n) is 8.25. The molecule has 4 nitrogen and oxygen atoms in total. The molecule has 0 unspecified atom stereocenters. The zero-order chi connectivity index (χ0) is 10.6. The Hall–Kier alpha value is -0.780. The highest BCUT2D eigenvalue weighted by Crippen LogP contribution is 2.28. The maximum Gasteiger partial charge on any atom is 0.133 e. The van der Waals surface area contributed by atoms with Gasteiger partial charge in [-0.05, 0) is 34.1 Å². The van der Waals surface area contributed by atoms with Gasteiger partial charge in [0, 0.05) is 12.7 Å². The van der Waals surface area contributed by atoms with E-state index in [0.717, 1.165) is 15.9 Å². The fourth-order valence-corrected chi connectivity index (χ4v) is 1.65. The minimum atomic E-state index is 0.596. The van der Waals surface area contributed by atoms with Crippen LogP contribution in [0.15, 0.2) is 22.7 Å². The van der Waals surface area contributed by atoms with Gasteiger partial charge in [-0.2, -0.15) is 0 Å². The third-order valence-electron chi connectivity index (χ3n) is 1.90. The smallest absolute Gasteiger partial charge is 0.133 e. The number of methoxy groups -OCH3 is 1. The summed E-state index contributed by atoms with van der Waals surface area (Å²) in [7, 11) is 3.60. The molecule has 1 aromatic carbocycles. The van der Waals surface area contributed by atoms with Crippen molar-refractivity contribution in [3.63, 3.8) is 0 Å². The molecule has 0 saturated carbocycles. The summed E-state index contributed by atoms with van der Waals surface area (Å²) in [4.78, 5) is 1.99. The molecule has 0 saturated heterocycles. The van der Waals surface area contributed by atoms with Crippen molar-refractivity contribution < 1.29 is 4.74 Å². The lowest BCUT2D eigenvalue weighted by Gasteiger charge is -2.19. The normalized spacial score (nSPS) is 10.0. The van der Waals surface area contributed by atoms with Crippen LogP contribution < -0.4 is 20.9 Å². The summed E-state index contributed by atoms with van der Waals surface area (Å²) in [5.74, 6) is 6.05. The number of rotatable bonds is 4. The van der Waals surface area contributed by atoms with Crippen molar-refractivity contribution in [2.24, 2.45) is 5.84 Å². The Morgan fingerprint density at radius 2 is 2.29 bits per heavy atom. The van der Waals surface area contributed by atoms with Crippen LogP contribution in [0.3, 0.4) is 0 Å². The van der Waals surface area contributed by atoms with Crippen LogP contribution in [0.2, 0.25) is 0 Å². The number of hydrazine groups is 1. The Kier molecular flexibility index (Phi) is 4.19. The van der Waals surface area contributed by atoms with Gasteiger partial charge in [-0.25, -0.2) is 5.43 Å². The van der Waals surface area contributed by atoms with Gasteiger partial charge in [0.2, 0.25) is 0 Å². The fraction of sp³-hybridized carbons (Fsp3) is 0.333. The zero-order valence-corrected chi connectivity index (χ0v) is 9.84. The summed E-state index contributed by atoms with van der Waals surface area (Å²) in [5.41, 5.74) is 3.66. The maximum atomic E-state index is 5.23. The molecule has 14 heavy (non-hydrogen) atoms. The average Bonchev–Trinajstić information content (AvgIpc) is 2.18. The molecule has 1 aromatic rings. The average molecular weight is 260 g/mol. The summed E-state index contributed by atoms with van der Waals surface area (Å²) in [6.07, 6.45) is 0. The highest BCUT2D eigenvalue weighted by Gasteiger charge is 2.04. The third kappa shape index (κ3) is 2.60. The fourth-order valence-electron chi connectivity index (χ4n) is 1.12. The van der Waals surface area contributed by atoms with E-state index in [0.29, 0.717) is 6.67 Å². The molecule has 78 valence electrons. The number of nitrogens with two attached hydrogens (primary N) is 1. The van der Waals surface area contributed by atoms with Crippen molar-refractivity contribution in [3.05, 3.63) is 22.7 Å². The van der Waals surface area contributed by atoms with E-state index < -0.39 is 0 Å². The highest BCUT2D eigenvalue weighted by atomic mass is 79.9. The van der Waals surface area contributed by atoms with Crippen molar-refractivity contribution in [1.29, 1.82) is 0 Å². The number of halogens is 1. The number of hydrogen-bond donors (Lipinski definition) is 2. The van der Waals surface area contributed by atoms with Crippen LogP contribution in [0.25, 0.3) is 0 Å². The molecule has 0 aliphatic rings. The Bertz CT molecular complexity index is 306. The molecule has 0 bridgehead atoms. The first kappa shape index (κ1) is 11.3. The van der Waals surface area contributed by atoms with Crippen LogP contribution in [-0.4, -0.2) is 20.8 Å². The SMILES string of the molecule is COc1ccc(N(C)CNN)cc1Br. The minimum absolute atomic E-state index is 0.596. The highest BCUT2D eigenvalue weighted by molar-refractivity contribution is 9.10. The molecule has 0 amide bonds. The van der Waals surface area contributed by atoms with Gasteiger partial charge in [-0.15, -0.1) is 0 Å². The monoisotopic (exact) mass is 259 g/mol. The second-order valence-corrected chi connectivity index (χ2v) is 3.73. The van der Waals surface area contributed by atoms with Gasteiger partial charge < -0.3 is 9.64 Å². The van der Waals surface area contributed by atoms with Gasteiger partial charge >= 0.3 is 0 Å². The largest absolute Gasteiger partial charge is 0.496 e. The molecular formula is C9H14BrN3O. The molecule has 0 aliphatic heterocycles.